The van der Waals surface area contributed by atoms with E-state index in [4.69, 9.17) is 5.73 Å². The van der Waals surface area contributed by atoms with E-state index in [1.54, 1.807) is 11.3 Å². The molecule has 0 aliphatic carbocycles. The lowest BCUT2D eigenvalue weighted by Crippen LogP contribution is -2.48. The summed E-state index contributed by atoms with van der Waals surface area (Å²) < 4.78 is 1.03. The van der Waals surface area contributed by atoms with Crippen molar-refractivity contribution in [2.24, 2.45) is 5.73 Å². The lowest BCUT2D eigenvalue weighted by molar-refractivity contribution is -0.123. The third-order valence-corrected chi connectivity index (χ3v) is 4.33. The molecule has 1 saturated heterocycles. The zero-order chi connectivity index (χ0) is 11.5. The molecule has 0 bridgehead atoms. The van der Waals surface area contributed by atoms with Gasteiger partial charge in [-0.15, -0.1) is 11.3 Å². The quantitative estimate of drug-likeness (QED) is 0.874. The van der Waals surface area contributed by atoms with Gasteiger partial charge in [0.25, 0.3) is 0 Å². The summed E-state index contributed by atoms with van der Waals surface area (Å²) in [6, 6.07) is 3.64. The van der Waals surface area contributed by atoms with Crippen LogP contribution in [0.3, 0.4) is 0 Å². The number of primary amides is 1. The highest BCUT2D eigenvalue weighted by atomic mass is 79.9. The van der Waals surface area contributed by atoms with Gasteiger partial charge in [-0.25, -0.2) is 0 Å². The molecule has 0 spiro atoms. The molecule has 16 heavy (non-hydrogen) atoms. The van der Waals surface area contributed by atoms with Gasteiger partial charge >= 0.3 is 0 Å². The number of nitrogens with zero attached hydrogens (tertiary/aromatic N) is 1. The Kier molecular flexibility index (Phi) is 3.96. The van der Waals surface area contributed by atoms with Gasteiger partial charge in [-0.1, -0.05) is 0 Å². The molecule has 0 saturated carbocycles. The molecule has 1 atom stereocenters. The van der Waals surface area contributed by atoms with Crippen LogP contribution in [0.1, 0.15) is 10.9 Å². The van der Waals surface area contributed by atoms with Crippen molar-refractivity contribution in [3.8, 4) is 0 Å². The first kappa shape index (κ1) is 12.0. The van der Waals surface area contributed by atoms with Crippen LogP contribution in [0.5, 0.6) is 0 Å². The van der Waals surface area contributed by atoms with Gasteiger partial charge in [-0.3, -0.25) is 9.69 Å². The van der Waals surface area contributed by atoms with Crippen LogP contribution in [0.4, 0.5) is 0 Å². The monoisotopic (exact) mass is 303 g/mol. The van der Waals surface area contributed by atoms with E-state index < -0.39 is 0 Å². The molecule has 2 rings (SSSR count). The molecule has 1 aliphatic rings. The predicted molar refractivity (Wildman–Crippen MR) is 68.4 cm³/mol. The fourth-order valence-electron chi connectivity index (χ4n) is 1.92. The van der Waals surface area contributed by atoms with Gasteiger partial charge in [-0.2, -0.15) is 0 Å². The number of piperazine rings is 1. The number of halogens is 1. The zero-order valence-corrected chi connectivity index (χ0v) is 11.2. The zero-order valence-electron chi connectivity index (χ0n) is 8.78. The Morgan fingerprint density at radius 2 is 2.19 bits per heavy atom. The van der Waals surface area contributed by atoms with Gasteiger partial charge in [0, 0.05) is 31.1 Å². The predicted octanol–water partition coefficient (Wildman–Crippen LogP) is 0.942. The lowest BCUT2D eigenvalue weighted by atomic mass is 10.1. The number of nitrogens with one attached hydrogen (secondary N) is 1. The van der Waals surface area contributed by atoms with Crippen molar-refractivity contribution in [2.75, 3.05) is 26.2 Å². The SMILES string of the molecule is NC(=O)C(c1ccc(Br)s1)N1CCNCC1. The molecule has 0 radical (unpaired) electrons. The molecule has 1 aromatic heterocycles. The van der Waals surface area contributed by atoms with E-state index in [1.807, 2.05) is 12.1 Å². The second-order valence-electron chi connectivity index (χ2n) is 3.73. The molecule has 1 aliphatic heterocycles. The topological polar surface area (TPSA) is 58.4 Å². The number of carbonyl (C=O) groups is 1. The molecule has 4 nitrogen and oxygen atoms in total. The molecule has 1 fully saturated rings. The second kappa shape index (κ2) is 5.27. The third-order valence-electron chi connectivity index (χ3n) is 2.65. The summed E-state index contributed by atoms with van der Waals surface area (Å²) in [5.74, 6) is -0.267. The fraction of sp³-hybridized carbons (Fsp3) is 0.500. The summed E-state index contributed by atoms with van der Waals surface area (Å²) in [5.41, 5.74) is 5.50. The van der Waals surface area contributed by atoms with Crippen LogP contribution in [0.25, 0.3) is 0 Å². The van der Waals surface area contributed by atoms with Crippen molar-refractivity contribution in [3.05, 3.63) is 20.8 Å². The highest BCUT2D eigenvalue weighted by molar-refractivity contribution is 9.11. The summed E-state index contributed by atoms with van der Waals surface area (Å²) >= 11 is 4.98. The van der Waals surface area contributed by atoms with Gasteiger partial charge in [0.2, 0.25) is 5.91 Å². The smallest absolute Gasteiger partial charge is 0.240 e. The van der Waals surface area contributed by atoms with Crippen LogP contribution in [-0.2, 0) is 4.79 Å². The van der Waals surface area contributed by atoms with Crippen LogP contribution >= 0.6 is 27.3 Å². The summed E-state index contributed by atoms with van der Waals surface area (Å²) in [7, 11) is 0. The number of hydrogen-bond acceptors (Lipinski definition) is 4. The number of nitrogens with two attached hydrogens (primary N) is 1. The maximum absolute atomic E-state index is 11.6. The fourth-order valence-corrected chi connectivity index (χ4v) is 3.48. The number of carbonyl (C=O) groups excluding carboxylic acids is 1. The molecule has 6 heteroatoms. The number of hydrogen-bond donors (Lipinski definition) is 2. The van der Waals surface area contributed by atoms with Crippen molar-refractivity contribution in [1.82, 2.24) is 10.2 Å². The van der Waals surface area contributed by atoms with Crippen LogP contribution < -0.4 is 11.1 Å². The highest BCUT2D eigenvalue weighted by Gasteiger charge is 2.27. The van der Waals surface area contributed by atoms with Crippen molar-refractivity contribution >= 4 is 33.2 Å². The van der Waals surface area contributed by atoms with E-state index in [0.717, 1.165) is 34.8 Å². The van der Waals surface area contributed by atoms with Gasteiger partial charge in [-0.05, 0) is 28.1 Å². The van der Waals surface area contributed by atoms with E-state index in [-0.39, 0.29) is 11.9 Å². The first-order valence-corrected chi connectivity index (χ1v) is 6.79. The largest absolute Gasteiger partial charge is 0.368 e. The Bertz CT molecular complexity index is 376. The average Bonchev–Trinajstić information content (AvgIpc) is 2.66. The minimum atomic E-state index is -0.279. The van der Waals surface area contributed by atoms with Gasteiger partial charge in [0.05, 0.1) is 3.79 Å². The summed E-state index contributed by atoms with van der Waals surface area (Å²) in [6.07, 6.45) is 0. The van der Waals surface area contributed by atoms with Crippen LogP contribution in [-0.4, -0.2) is 37.0 Å². The van der Waals surface area contributed by atoms with Gasteiger partial charge in [0.15, 0.2) is 0 Å². The van der Waals surface area contributed by atoms with E-state index in [1.165, 1.54) is 0 Å². The van der Waals surface area contributed by atoms with E-state index >= 15 is 0 Å². The number of amides is 1. The molecule has 1 amide bonds. The molecule has 1 aromatic rings. The Hall–Kier alpha value is -0.430. The van der Waals surface area contributed by atoms with Crippen molar-refractivity contribution < 1.29 is 4.79 Å². The molecule has 3 N–H and O–H groups in total. The summed E-state index contributed by atoms with van der Waals surface area (Å²) in [4.78, 5) is 14.7. The third kappa shape index (κ3) is 2.63. The van der Waals surface area contributed by atoms with E-state index in [2.05, 4.69) is 26.1 Å². The van der Waals surface area contributed by atoms with E-state index in [9.17, 15) is 4.79 Å². The standard InChI is InChI=1S/C10H14BrN3OS/c11-8-2-1-7(16-8)9(10(12)15)14-5-3-13-4-6-14/h1-2,9,13H,3-6H2,(H2,12,15). The summed E-state index contributed by atoms with van der Waals surface area (Å²) in [6.45, 7) is 3.55. The Labute approximate surface area is 107 Å². The van der Waals surface area contributed by atoms with Crippen molar-refractivity contribution in [1.29, 1.82) is 0 Å². The first-order valence-electron chi connectivity index (χ1n) is 5.18. The second-order valence-corrected chi connectivity index (χ2v) is 6.23. The minimum Gasteiger partial charge on any atom is -0.368 e. The van der Waals surface area contributed by atoms with Crippen LogP contribution in [0, 0.1) is 0 Å². The maximum Gasteiger partial charge on any atom is 0.240 e. The number of rotatable bonds is 3. The summed E-state index contributed by atoms with van der Waals surface area (Å²) in [5, 5.41) is 3.27. The molecular weight excluding hydrogens is 290 g/mol. The highest BCUT2D eigenvalue weighted by Crippen LogP contribution is 2.30. The van der Waals surface area contributed by atoms with Gasteiger partial charge < -0.3 is 11.1 Å². The van der Waals surface area contributed by atoms with Crippen LogP contribution in [0.15, 0.2) is 15.9 Å². The van der Waals surface area contributed by atoms with Gasteiger partial charge in [0.1, 0.15) is 6.04 Å². The Morgan fingerprint density at radius 1 is 1.50 bits per heavy atom. The number of thiophene rings is 1. The van der Waals surface area contributed by atoms with Crippen LogP contribution in [0.2, 0.25) is 0 Å². The average molecular weight is 304 g/mol. The minimum absolute atomic E-state index is 0.267. The van der Waals surface area contributed by atoms with Crippen molar-refractivity contribution in [2.45, 2.75) is 6.04 Å². The Morgan fingerprint density at radius 3 is 2.69 bits per heavy atom. The lowest BCUT2D eigenvalue weighted by Gasteiger charge is -2.32. The first-order chi connectivity index (χ1) is 7.68. The molecule has 1 unspecified atom stereocenters. The normalized spacial score (nSPS) is 19.6. The van der Waals surface area contributed by atoms with E-state index in [0.29, 0.717) is 0 Å². The maximum atomic E-state index is 11.6. The molecular formula is C10H14BrN3OS. The molecule has 88 valence electrons. The molecule has 0 aromatic carbocycles. The molecule has 2 heterocycles. The Balaban J connectivity index is 2.19. The van der Waals surface area contributed by atoms with Crippen molar-refractivity contribution in [3.63, 3.8) is 0 Å².